The second-order valence-corrected chi connectivity index (χ2v) is 6.73. The number of hydrogen-bond acceptors (Lipinski definition) is 4. The van der Waals surface area contributed by atoms with Gasteiger partial charge in [-0.25, -0.2) is 8.42 Å². The van der Waals surface area contributed by atoms with Crippen LogP contribution >= 0.6 is 12.2 Å². The summed E-state index contributed by atoms with van der Waals surface area (Å²) < 4.78 is 27.4. The summed E-state index contributed by atoms with van der Waals surface area (Å²) in [5, 5.41) is 0. The lowest BCUT2D eigenvalue weighted by Gasteiger charge is -2.11. The Morgan fingerprint density at radius 1 is 1.24 bits per heavy atom. The van der Waals surface area contributed by atoms with Crippen LogP contribution in [0.15, 0.2) is 41.4 Å². The fourth-order valence-corrected chi connectivity index (χ4v) is 3.22. The molecule has 3 N–H and O–H groups in total. The molecule has 1 aromatic carbocycles. The number of anilines is 1. The number of hydrogen-bond donors (Lipinski definition) is 2. The van der Waals surface area contributed by atoms with Crippen LogP contribution in [0.2, 0.25) is 0 Å². The summed E-state index contributed by atoms with van der Waals surface area (Å²) in [6.45, 7) is 3.54. The summed E-state index contributed by atoms with van der Waals surface area (Å²) >= 11 is 4.88. The average Bonchev–Trinajstić information content (AvgIpc) is 2.41. The van der Waals surface area contributed by atoms with E-state index in [4.69, 9.17) is 18.0 Å². The van der Waals surface area contributed by atoms with E-state index in [1.54, 1.807) is 31.2 Å². The molecule has 0 aliphatic rings. The maximum atomic E-state index is 12.5. The van der Waals surface area contributed by atoms with Crippen molar-refractivity contribution in [2.24, 2.45) is 5.73 Å². The van der Waals surface area contributed by atoms with Gasteiger partial charge >= 0.3 is 0 Å². The maximum Gasteiger partial charge on any atom is 0.262 e. The highest BCUT2D eigenvalue weighted by Crippen LogP contribution is 2.20. The maximum absolute atomic E-state index is 12.5. The smallest absolute Gasteiger partial charge is 0.262 e. The van der Waals surface area contributed by atoms with E-state index in [9.17, 15) is 8.42 Å². The van der Waals surface area contributed by atoms with Crippen LogP contribution in [0.25, 0.3) is 0 Å². The van der Waals surface area contributed by atoms with E-state index >= 15 is 0 Å². The van der Waals surface area contributed by atoms with Crippen LogP contribution in [0.4, 0.5) is 5.69 Å². The third kappa shape index (κ3) is 3.56. The lowest BCUT2D eigenvalue weighted by atomic mass is 10.1. The Morgan fingerprint density at radius 2 is 1.95 bits per heavy atom. The van der Waals surface area contributed by atoms with Gasteiger partial charge in [0, 0.05) is 11.3 Å². The van der Waals surface area contributed by atoms with E-state index in [2.05, 4.69) is 9.71 Å². The van der Waals surface area contributed by atoms with Gasteiger partial charge < -0.3 is 5.73 Å². The lowest BCUT2D eigenvalue weighted by Crippen LogP contribution is -2.16. The molecule has 2 rings (SSSR count). The van der Waals surface area contributed by atoms with Crippen molar-refractivity contribution in [2.75, 3.05) is 4.72 Å². The Labute approximate surface area is 129 Å². The molecule has 0 saturated heterocycles. The van der Waals surface area contributed by atoms with Gasteiger partial charge in [0.25, 0.3) is 10.0 Å². The number of thiocarbonyl (C=S) groups is 1. The normalized spacial score (nSPS) is 11.1. The molecule has 1 aromatic heterocycles. The molecule has 0 saturated carbocycles. The zero-order valence-electron chi connectivity index (χ0n) is 11.6. The number of aryl methyl sites for hydroxylation is 2. The first-order valence-electron chi connectivity index (χ1n) is 6.15. The van der Waals surface area contributed by atoms with Gasteiger partial charge in [-0.2, -0.15) is 0 Å². The fourth-order valence-electron chi connectivity index (χ4n) is 1.78. The molecule has 2 aromatic rings. The van der Waals surface area contributed by atoms with Gasteiger partial charge in [-0.15, -0.1) is 0 Å². The van der Waals surface area contributed by atoms with Crippen LogP contribution in [0.1, 0.15) is 16.8 Å². The van der Waals surface area contributed by atoms with E-state index < -0.39 is 10.0 Å². The van der Waals surface area contributed by atoms with Gasteiger partial charge in [0.2, 0.25) is 0 Å². The van der Waals surface area contributed by atoms with Gasteiger partial charge in [-0.1, -0.05) is 24.4 Å². The van der Waals surface area contributed by atoms with Gasteiger partial charge in [-0.3, -0.25) is 9.71 Å². The van der Waals surface area contributed by atoms with E-state index in [0.29, 0.717) is 16.8 Å². The van der Waals surface area contributed by atoms with Crippen LogP contribution < -0.4 is 10.5 Å². The SMILES string of the molecule is Cc1ccc(NS(=O)(=O)c2cc(C(N)=S)ccc2C)cn1. The number of sulfonamides is 1. The quantitative estimate of drug-likeness (QED) is 0.843. The average molecular weight is 321 g/mol. The molecule has 0 bridgehead atoms. The number of nitrogens with one attached hydrogen (secondary N) is 1. The van der Waals surface area contributed by atoms with Crippen molar-refractivity contribution >= 4 is 32.9 Å². The highest BCUT2D eigenvalue weighted by Gasteiger charge is 2.18. The Balaban J connectivity index is 2.41. The van der Waals surface area contributed by atoms with Crippen LogP contribution in [0, 0.1) is 13.8 Å². The van der Waals surface area contributed by atoms with Crippen LogP contribution in [-0.4, -0.2) is 18.4 Å². The first kappa shape index (κ1) is 15.4. The summed E-state index contributed by atoms with van der Waals surface area (Å²) in [4.78, 5) is 4.36. The van der Waals surface area contributed by atoms with Crippen molar-refractivity contribution in [3.63, 3.8) is 0 Å². The van der Waals surface area contributed by atoms with E-state index in [1.807, 2.05) is 6.92 Å². The number of nitrogens with two attached hydrogens (primary N) is 1. The molecule has 7 heteroatoms. The van der Waals surface area contributed by atoms with Crippen molar-refractivity contribution in [3.8, 4) is 0 Å². The predicted molar refractivity (Wildman–Crippen MR) is 86.8 cm³/mol. The summed E-state index contributed by atoms with van der Waals surface area (Å²) in [5.74, 6) is 0. The van der Waals surface area contributed by atoms with Gasteiger partial charge in [0.15, 0.2) is 0 Å². The minimum atomic E-state index is -3.72. The molecular weight excluding hydrogens is 306 g/mol. The van der Waals surface area contributed by atoms with Crippen molar-refractivity contribution in [2.45, 2.75) is 18.7 Å². The van der Waals surface area contributed by atoms with E-state index in [1.165, 1.54) is 12.3 Å². The number of nitrogens with zero attached hydrogens (tertiary/aromatic N) is 1. The van der Waals surface area contributed by atoms with Gasteiger partial charge in [0.05, 0.1) is 16.8 Å². The minimum absolute atomic E-state index is 0.147. The molecule has 21 heavy (non-hydrogen) atoms. The second kappa shape index (κ2) is 5.79. The molecular formula is C14H15N3O2S2. The Hall–Kier alpha value is -1.99. The van der Waals surface area contributed by atoms with Crippen LogP contribution in [-0.2, 0) is 10.0 Å². The second-order valence-electron chi connectivity index (χ2n) is 4.64. The molecule has 0 unspecified atom stereocenters. The molecule has 0 fully saturated rings. The molecule has 0 amide bonds. The standard InChI is InChI=1S/C14H15N3O2S2/c1-9-3-5-11(14(15)20)7-13(9)21(18,19)17-12-6-4-10(2)16-8-12/h3-8,17H,1-2H3,(H2,15,20). The molecule has 0 atom stereocenters. The lowest BCUT2D eigenvalue weighted by molar-refractivity contribution is 0.600. The monoisotopic (exact) mass is 321 g/mol. The summed E-state index contributed by atoms with van der Waals surface area (Å²) in [7, 11) is -3.72. The minimum Gasteiger partial charge on any atom is -0.389 e. The van der Waals surface area contributed by atoms with Crippen molar-refractivity contribution in [1.29, 1.82) is 0 Å². The first-order chi connectivity index (χ1) is 9.79. The number of rotatable bonds is 4. The summed E-state index contributed by atoms with van der Waals surface area (Å²) in [6, 6.07) is 8.24. The fraction of sp³-hybridized carbons (Fsp3) is 0.143. The Morgan fingerprint density at radius 3 is 2.52 bits per heavy atom. The zero-order valence-corrected chi connectivity index (χ0v) is 13.3. The van der Waals surface area contributed by atoms with E-state index in [0.717, 1.165) is 5.69 Å². The number of pyridine rings is 1. The van der Waals surface area contributed by atoms with Crippen molar-refractivity contribution in [1.82, 2.24) is 4.98 Å². The zero-order chi connectivity index (χ0) is 15.6. The van der Waals surface area contributed by atoms with Crippen LogP contribution in [0.5, 0.6) is 0 Å². The van der Waals surface area contributed by atoms with Crippen molar-refractivity contribution < 1.29 is 8.42 Å². The topological polar surface area (TPSA) is 85.1 Å². The highest BCUT2D eigenvalue weighted by molar-refractivity contribution is 7.92. The van der Waals surface area contributed by atoms with Gasteiger partial charge in [-0.05, 0) is 37.6 Å². The molecule has 1 heterocycles. The Bertz CT molecular complexity index is 784. The first-order valence-corrected chi connectivity index (χ1v) is 8.04. The van der Waals surface area contributed by atoms with Crippen LogP contribution in [0.3, 0.4) is 0 Å². The third-order valence-electron chi connectivity index (χ3n) is 2.93. The molecule has 110 valence electrons. The summed E-state index contributed by atoms with van der Waals surface area (Å²) in [5.41, 5.74) is 7.89. The Kier molecular flexibility index (Phi) is 4.24. The summed E-state index contributed by atoms with van der Waals surface area (Å²) in [6.07, 6.45) is 1.47. The highest BCUT2D eigenvalue weighted by atomic mass is 32.2. The van der Waals surface area contributed by atoms with Gasteiger partial charge in [0.1, 0.15) is 4.99 Å². The third-order valence-corrected chi connectivity index (χ3v) is 4.68. The molecule has 5 nitrogen and oxygen atoms in total. The molecule has 0 aliphatic carbocycles. The molecule has 0 aliphatic heterocycles. The van der Waals surface area contributed by atoms with Crippen molar-refractivity contribution in [3.05, 3.63) is 53.3 Å². The molecule has 0 radical (unpaired) electrons. The number of aromatic nitrogens is 1. The van der Waals surface area contributed by atoms with E-state index in [-0.39, 0.29) is 9.88 Å². The predicted octanol–water partition coefficient (Wildman–Crippen LogP) is 2.13. The largest absolute Gasteiger partial charge is 0.389 e. The molecule has 0 spiro atoms. The number of benzene rings is 1.